The van der Waals surface area contributed by atoms with Crippen LogP contribution in [0, 0.1) is 5.41 Å². The third kappa shape index (κ3) is 3.97. The summed E-state index contributed by atoms with van der Waals surface area (Å²) < 4.78 is 22.1. The average molecular weight is 402 g/mol. The van der Waals surface area contributed by atoms with E-state index in [0.717, 1.165) is 5.56 Å². The van der Waals surface area contributed by atoms with Gasteiger partial charge in [0.05, 0.1) is 32.5 Å². The molecule has 1 aromatic rings. The number of carbonyl (C=O) groups excluding carboxylic acids is 3. The van der Waals surface area contributed by atoms with Gasteiger partial charge in [-0.1, -0.05) is 30.3 Å². The summed E-state index contributed by atoms with van der Waals surface area (Å²) in [5.41, 5.74) is -1.54. The van der Waals surface area contributed by atoms with Crippen molar-refractivity contribution in [3.63, 3.8) is 0 Å². The van der Waals surface area contributed by atoms with Gasteiger partial charge >= 0.3 is 5.97 Å². The maximum absolute atomic E-state index is 13.2. The second-order valence-corrected chi connectivity index (χ2v) is 7.63. The average Bonchev–Trinajstić information content (AvgIpc) is 2.70. The molecular formula is C22H26O7. The van der Waals surface area contributed by atoms with E-state index in [1.807, 2.05) is 30.3 Å². The molecule has 29 heavy (non-hydrogen) atoms. The zero-order valence-electron chi connectivity index (χ0n) is 16.9. The number of rotatable bonds is 7. The molecule has 1 aromatic carbocycles. The van der Waals surface area contributed by atoms with Crippen LogP contribution in [-0.4, -0.2) is 50.1 Å². The van der Waals surface area contributed by atoms with E-state index in [1.165, 1.54) is 20.3 Å². The normalized spacial score (nSPS) is 29.1. The van der Waals surface area contributed by atoms with E-state index >= 15 is 0 Å². The van der Waals surface area contributed by atoms with Gasteiger partial charge in [0.1, 0.15) is 5.76 Å². The number of hydrogen-bond donors (Lipinski definition) is 0. The van der Waals surface area contributed by atoms with Gasteiger partial charge in [-0.25, -0.2) is 0 Å². The number of ketones is 2. The number of methoxy groups -OCH3 is 2. The van der Waals surface area contributed by atoms with Gasteiger partial charge in [0.25, 0.3) is 0 Å². The third-order valence-electron chi connectivity index (χ3n) is 5.57. The summed E-state index contributed by atoms with van der Waals surface area (Å²) in [6.45, 7) is 2.63. The Bertz CT molecular complexity index is 816. The molecule has 0 radical (unpaired) electrons. The highest BCUT2D eigenvalue weighted by Gasteiger charge is 2.64. The van der Waals surface area contributed by atoms with E-state index in [1.54, 1.807) is 6.92 Å². The predicted octanol–water partition coefficient (Wildman–Crippen LogP) is 2.37. The van der Waals surface area contributed by atoms with Crippen molar-refractivity contribution in [3.05, 3.63) is 47.7 Å². The molecule has 0 N–H and O–H groups in total. The SMILES string of the molecule is COC(=O)[C@@]12C(=O)C[C@](C)(CCOCc3ccccc3)O[C@@H]1CC(=O)C=C2OC. The molecule has 3 atom stereocenters. The van der Waals surface area contributed by atoms with Gasteiger partial charge in [0, 0.05) is 25.5 Å². The van der Waals surface area contributed by atoms with Crippen molar-refractivity contribution < 1.29 is 33.3 Å². The van der Waals surface area contributed by atoms with Crippen LogP contribution in [0.5, 0.6) is 0 Å². The summed E-state index contributed by atoms with van der Waals surface area (Å²) in [5, 5.41) is 0. The summed E-state index contributed by atoms with van der Waals surface area (Å²) >= 11 is 0. The Morgan fingerprint density at radius 3 is 2.59 bits per heavy atom. The van der Waals surface area contributed by atoms with E-state index in [4.69, 9.17) is 18.9 Å². The molecule has 0 bridgehead atoms. The van der Waals surface area contributed by atoms with Crippen LogP contribution < -0.4 is 0 Å². The lowest BCUT2D eigenvalue weighted by molar-refractivity contribution is -0.203. The summed E-state index contributed by atoms with van der Waals surface area (Å²) in [7, 11) is 2.53. The Morgan fingerprint density at radius 2 is 1.93 bits per heavy atom. The smallest absolute Gasteiger partial charge is 0.329 e. The zero-order valence-corrected chi connectivity index (χ0v) is 16.9. The highest BCUT2D eigenvalue weighted by Crippen LogP contribution is 2.49. The summed E-state index contributed by atoms with van der Waals surface area (Å²) in [6.07, 6.45) is 0.568. The molecule has 0 spiro atoms. The van der Waals surface area contributed by atoms with E-state index in [2.05, 4.69) is 0 Å². The molecule has 0 saturated carbocycles. The van der Waals surface area contributed by atoms with Gasteiger partial charge in [-0.15, -0.1) is 0 Å². The largest absolute Gasteiger partial charge is 0.499 e. The predicted molar refractivity (Wildman–Crippen MR) is 103 cm³/mol. The summed E-state index contributed by atoms with van der Waals surface area (Å²) in [6, 6.07) is 9.76. The molecule has 1 saturated heterocycles. The number of hydrogen-bond acceptors (Lipinski definition) is 7. The van der Waals surface area contributed by atoms with Crippen LogP contribution in [0.1, 0.15) is 31.7 Å². The number of allylic oxidation sites excluding steroid dienone is 1. The first-order chi connectivity index (χ1) is 13.9. The number of carbonyl (C=O) groups is 3. The van der Waals surface area contributed by atoms with Crippen molar-refractivity contribution in [2.24, 2.45) is 5.41 Å². The maximum Gasteiger partial charge on any atom is 0.329 e. The molecule has 1 aliphatic carbocycles. The van der Waals surface area contributed by atoms with Gasteiger partial charge in [-0.2, -0.15) is 0 Å². The van der Waals surface area contributed by atoms with Gasteiger partial charge < -0.3 is 18.9 Å². The van der Waals surface area contributed by atoms with Crippen LogP contribution >= 0.6 is 0 Å². The molecule has 2 aliphatic rings. The Labute approximate surface area is 170 Å². The summed E-state index contributed by atoms with van der Waals surface area (Å²) in [5.74, 6) is -1.41. The van der Waals surface area contributed by atoms with E-state index in [0.29, 0.717) is 19.6 Å². The van der Waals surface area contributed by atoms with Crippen LogP contribution in [0.15, 0.2) is 42.2 Å². The Balaban J connectivity index is 1.74. The molecule has 156 valence electrons. The quantitative estimate of drug-likeness (QED) is 0.393. The van der Waals surface area contributed by atoms with Crippen LogP contribution in [-0.2, 0) is 39.9 Å². The zero-order chi connectivity index (χ0) is 21.1. The van der Waals surface area contributed by atoms with Crippen molar-refractivity contribution >= 4 is 17.5 Å². The minimum atomic E-state index is -1.73. The third-order valence-corrected chi connectivity index (χ3v) is 5.57. The second-order valence-electron chi connectivity index (χ2n) is 7.63. The first kappa shape index (κ1) is 21.2. The molecule has 7 nitrogen and oxygen atoms in total. The van der Waals surface area contributed by atoms with Crippen molar-refractivity contribution in [1.82, 2.24) is 0 Å². The fraction of sp³-hybridized carbons (Fsp3) is 0.500. The molecule has 0 aromatic heterocycles. The van der Waals surface area contributed by atoms with Crippen LogP contribution in [0.2, 0.25) is 0 Å². The molecule has 1 fully saturated rings. The highest BCUT2D eigenvalue weighted by molar-refractivity contribution is 6.11. The maximum atomic E-state index is 13.2. The van der Waals surface area contributed by atoms with E-state index < -0.39 is 23.1 Å². The van der Waals surface area contributed by atoms with Crippen LogP contribution in [0.4, 0.5) is 0 Å². The van der Waals surface area contributed by atoms with Crippen LogP contribution in [0.25, 0.3) is 0 Å². The number of ether oxygens (including phenoxy) is 4. The lowest BCUT2D eigenvalue weighted by Gasteiger charge is -2.48. The van der Waals surface area contributed by atoms with Crippen molar-refractivity contribution in [2.75, 3.05) is 20.8 Å². The Hall–Kier alpha value is -2.51. The molecule has 1 heterocycles. The number of fused-ring (bicyclic) bond motifs is 1. The first-order valence-corrected chi connectivity index (χ1v) is 9.56. The minimum Gasteiger partial charge on any atom is -0.499 e. The molecule has 1 aliphatic heterocycles. The van der Waals surface area contributed by atoms with Crippen molar-refractivity contribution in [1.29, 1.82) is 0 Å². The lowest BCUT2D eigenvalue weighted by atomic mass is 9.66. The van der Waals surface area contributed by atoms with Gasteiger partial charge in [-0.05, 0) is 18.9 Å². The van der Waals surface area contributed by atoms with E-state index in [-0.39, 0.29) is 30.2 Å². The van der Waals surface area contributed by atoms with Crippen molar-refractivity contribution in [3.8, 4) is 0 Å². The van der Waals surface area contributed by atoms with E-state index in [9.17, 15) is 14.4 Å². The molecule has 0 amide bonds. The monoisotopic (exact) mass is 402 g/mol. The molecular weight excluding hydrogens is 376 g/mol. The molecule has 3 rings (SSSR count). The Morgan fingerprint density at radius 1 is 1.21 bits per heavy atom. The number of Topliss-reactive ketones (excluding diaryl/α,β-unsaturated/α-hetero) is 1. The van der Waals surface area contributed by atoms with Gasteiger partial charge in [0.15, 0.2) is 11.6 Å². The molecule has 0 unspecified atom stereocenters. The fourth-order valence-electron chi connectivity index (χ4n) is 4.05. The first-order valence-electron chi connectivity index (χ1n) is 9.56. The van der Waals surface area contributed by atoms with Gasteiger partial charge in [-0.3, -0.25) is 14.4 Å². The highest BCUT2D eigenvalue weighted by atomic mass is 16.6. The molecule has 7 heteroatoms. The Kier molecular flexibility index (Phi) is 6.19. The van der Waals surface area contributed by atoms with Gasteiger partial charge in [0.2, 0.25) is 5.41 Å². The fourth-order valence-corrected chi connectivity index (χ4v) is 4.05. The van der Waals surface area contributed by atoms with Crippen LogP contribution in [0.3, 0.4) is 0 Å². The summed E-state index contributed by atoms with van der Waals surface area (Å²) in [4.78, 5) is 38.1. The number of esters is 1. The lowest BCUT2D eigenvalue weighted by Crippen LogP contribution is -2.62. The van der Waals surface area contributed by atoms with Crippen molar-refractivity contribution in [2.45, 2.75) is 44.5 Å². The standard InChI is InChI=1S/C22H26O7/c1-21(9-10-28-14-15-7-5-4-6-8-15)13-17(24)22(20(25)27-3)18(26-2)11-16(23)12-19(22)29-21/h4-8,11,19H,9-10,12-14H2,1-3H3/t19-,21+,22-/m1/s1. The second kappa shape index (κ2) is 8.47. The minimum absolute atomic E-state index is 0.0117. The topological polar surface area (TPSA) is 88.1 Å². The number of benzene rings is 1.